The molecule has 2 aliphatic rings. The summed E-state index contributed by atoms with van der Waals surface area (Å²) in [4.78, 5) is 49.7. The number of hydrogen-bond donors (Lipinski definition) is 2. The molecule has 1 aliphatic carbocycles. The van der Waals surface area contributed by atoms with Crippen molar-refractivity contribution in [3.8, 4) is 0 Å². The summed E-state index contributed by atoms with van der Waals surface area (Å²) in [6.45, 7) is 7.47. The van der Waals surface area contributed by atoms with Gasteiger partial charge in [0.2, 0.25) is 0 Å². The zero-order valence-corrected chi connectivity index (χ0v) is 18.9. The summed E-state index contributed by atoms with van der Waals surface area (Å²) in [5.74, 6) is -4.41. The molecule has 2 rings (SSSR count). The number of methoxy groups -OCH3 is 1. The average molecular weight is 464 g/mol. The summed E-state index contributed by atoms with van der Waals surface area (Å²) in [7, 11) is 1.09. The maximum absolute atomic E-state index is 12.7. The monoisotopic (exact) mass is 464 g/mol. The maximum atomic E-state index is 12.7. The van der Waals surface area contributed by atoms with Crippen LogP contribution in [-0.4, -0.2) is 72.2 Å². The van der Waals surface area contributed by atoms with Gasteiger partial charge in [-0.15, -0.1) is 0 Å². The Hall–Kier alpha value is -3.24. The van der Waals surface area contributed by atoms with E-state index in [2.05, 4.69) is 6.58 Å². The second-order valence-electron chi connectivity index (χ2n) is 7.66. The van der Waals surface area contributed by atoms with E-state index in [0.717, 1.165) is 20.1 Å². The number of aliphatic hydroxyl groups is 2. The fraction of sp³-hybridized carbons (Fsp3) is 0.478. The minimum Gasteiger partial charge on any atom is -0.466 e. The van der Waals surface area contributed by atoms with Crippen molar-refractivity contribution in [2.24, 2.45) is 5.92 Å². The average Bonchev–Trinajstić information content (AvgIpc) is 3.04. The highest BCUT2D eigenvalue weighted by atomic mass is 16.6. The van der Waals surface area contributed by atoms with E-state index in [9.17, 15) is 29.4 Å². The smallest absolute Gasteiger partial charge is 0.337 e. The summed E-state index contributed by atoms with van der Waals surface area (Å²) >= 11 is 0. The highest BCUT2D eigenvalue weighted by Gasteiger charge is 2.50. The van der Waals surface area contributed by atoms with Crippen LogP contribution in [0.5, 0.6) is 0 Å². The maximum Gasteiger partial charge on any atom is 0.337 e. The molecule has 0 spiro atoms. The number of rotatable bonds is 5. The minimum atomic E-state index is -1.55. The molecule has 1 saturated heterocycles. The van der Waals surface area contributed by atoms with Crippen LogP contribution in [0.2, 0.25) is 0 Å². The lowest BCUT2D eigenvalue weighted by atomic mass is 9.83. The summed E-state index contributed by atoms with van der Waals surface area (Å²) < 4.78 is 21.2. The van der Waals surface area contributed by atoms with Crippen molar-refractivity contribution < 1.29 is 48.3 Å². The molecule has 180 valence electrons. The highest BCUT2D eigenvalue weighted by Crippen LogP contribution is 2.38. The van der Waals surface area contributed by atoms with Gasteiger partial charge >= 0.3 is 23.9 Å². The van der Waals surface area contributed by atoms with Gasteiger partial charge in [-0.25, -0.2) is 14.4 Å². The van der Waals surface area contributed by atoms with E-state index >= 15 is 0 Å². The van der Waals surface area contributed by atoms with E-state index < -0.39 is 60.8 Å². The predicted octanol–water partition coefficient (Wildman–Crippen LogP) is 0.677. The van der Waals surface area contributed by atoms with Crippen LogP contribution in [0.1, 0.15) is 27.2 Å². The van der Waals surface area contributed by atoms with E-state index in [-0.39, 0.29) is 23.1 Å². The van der Waals surface area contributed by atoms with Crippen LogP contribution in [0.15, 0.2) is 47.1 Å². The van der Waals surface area contributed by atoms with Crippen LogP contribution in [0, 0.1) is 5.92 Å². The van der Waals surface area contributed by atoms with Crippen molar-refractivity contribution in [1.29, 1.82) is 0 Å². The Morgan fingerprint density at radius 2 is 1.91 bits per heavy atom. The van der Waals surface area contributed by atoms with Crippen LogP contribution >= 0.6 is 0 Å². The van der Waals surface area contributed by atoms with Gasteiger partial charge in [0.1, 0.15) is 6.10 Å². The summed E-state index contributed by atoms with van der Waals surface area (Å²) in [5, 5.41) is 20.3. The Kier molecular flexibility index (Phi) is 8.72. The van der Waals surface area contributed by atoms with Gasteiger partial charge in [0.15, 0.2) is 12.2 Å². The number of esters is 4. The molecule has 33 heavy (non-hydrogen) atoms. The first-order chi connectivity index (χ1) is 15.5. The zero-order valence-electron chi connectivity index (χ0n) is 18.9. The molecule has 0 aromatic rings. The SMILES string of the molecule is C=C1C(=O)O[C@@H]2/C=C(/CO)C[C@@H](O)/C=C(/C(=O)OC)[C@@H](OC(C)=O)C(OC(=O)/C(C)=C\C)[C@@H]12. The van der Waals surface area contributed by atoms with Gasteiger partial charge < -0.3 is 29.2 Å². The number of aliphatic hydroxyl groups excluding tert-OH is 2. The first-order valence-electron chi connectivity index (χ1n) is 10.2. The number of carbonyl (C=O) groups is 4. The topological polar surface area (TPSA) is 146 Å². The normalized spacial score (nSPS) is 31.2. The molecule has 2 N–H and O–H groups in total. The standard InChI is InChI=1S/C23H28O10/c1-6-11(2)21(27)33-20-18-12(3)22(28)32-17(18)8-14(10-24)7-15(26)9-16(23(29)30-5)19(20)31-13(4)25/h6,8-9,15,17-20,24,26H,3,7,10H2,1-2,4-5H3/b11-6-,14-8+,16-9+/t15-,17-,18+,19-,20?/m1/s1. The van der Waals surface area contributed by atoms with Crippen molar-refractivity contribution in [2.45, 2.75) is 51.6 Å². The fourth-order valence-electron chi connectivity index (χ4n) is 3.62. The summed E-state index contributed by atoms with van der Waals surface area (Å²) in [6, 6.07) is 0. The Balaban J connectivity index is 2.79. The van der Waals surface area contributed by atoms with Gasteiger partial charge in [-0.05, 0) is 31.6 Å². The van der Waals surface area contributed by atoms with Crippen molar-refractivity contribution in [1.82, 2.24) is 0 Å². The van der Waals surface area contributed by atoms with Gasteiger partial charge in [0.05, 0.1) is 31.3 Å². The molecule has 0 radical (unpaired) electrons. The van der Waals surface area contributed by atoms with Gasteiger partial charge in [-0.3, -0.25) is 4.79 Å². The fourth-order valence-corrected chi connectivity index (χ4v) is 3.62. The molecule has 1 heterocycles. The van der Waals surface area contributed by atoms with Crippen molar-refractivity contribution in [3.63, 3.8) is 0 Å². The number of fused-ring (bicyclic) bond motifs is 1. The quantitative estimate of drug-likeness (QED) is 0.258. The van der Waals surface area contributed by atoms with Gasteiger partial charge in [0.25, 0.3) is 0 Å². The van der Waals surface area contributed by atoms with Crippen LogP contribution in [0.3, 0.4) is 0 Å². The Bertz CT molecular complexity index is 926. The van der Waals surface area contributed by atoms with Gasteiger partial charge in [0, 0.05) is 24.5 Å². The molecule has 0 aromatic carbocycles. The molecular formula is C23H28O10. The molecule has 1 unspecified atom stereocenters. The number of ether oxygens (including phenoxy) is 4. The summed E-state index contributed by atoms with van der Waals surface area (Å²) in [5.41, 5.74) is 0.144. The van der Waals surface area contributed by atoms with Gasteiger partial charge in [-0.2, -0.15) is 0 Å². The molecule has 1 fully saturated rings. The minimum absolute atomic E-state index is 0.0769. The third-order valence-corrected chi connectivity index (χ3v) is 5.38. The molecule has 0 aromatic heterocycles. The Morgan fingerprint density at radius 3 is 2.45 bits per heavy atom. The molecule has 5 atom stereocenters. The molecule has 10 heteroatoms. The molecule has 0 saturated carbocycles. The lowest BCUT2D eigenvalue weighted by Gasteiger charge is -2.33. The molecular weight excluding hydrogens is 436 g/mol. The van der Waals surface area contributed by atoms with E-state index in [4.69, 9.17) is 18.9 Å². The number of carbonyl (C=O) groups excluding carboxylic acids is 4. The van der Waals surface area contributed by atoms with Crippen LogP contribution in [0.25, 0.3) is 0 Å². The van der Waals surface area contributed by atoms with E-state index in [1.165, 1.54) is 19.1 Å². The van der Waals surface area contributed by atoms with Crippen LogP contribution in [0.4, 0.5) is 0 Å². The number of hydrogen-bond acceptors (Lipinski definition) is 10. The Morgan fingerprint density at radius 1 is 1.24 bits per heavy atom. The lowest BCUT2D eigenvalue weighted by molar-refractivity contribution is -0.167. The number of allylic oxidation sites excluding steroid dienone is 1. The van der Waals surface area contributed by atoms with Crippen molar-refractivity contribution >= 4 is 23.9 Å². The van der Waals surface area contributed by atoms with Crippen molar-refractivity contribution in [2.75, 3.05) is 13.7 Å². The van der Waals surface area contributed by atoms with Crippen LogP contribution < -0.4 is 0 Å². The summed E-state index contributed by atoms with van der Waals surface area (Å²) in [6.07, 6.45) is -1.47. The Labute approximate surface area is 191 Å². The molecule has 1 aliphatic heterocycles. The molecule has 0 bridgehead atoms. The predicted molar refractivity (Wildman–Crippen MR) is 113 cm³/mol. The highest BCUT2D eigenvalue weighted by molar-refractivity contribution is 5.93. The second-order valence-corrected chi connectivity index (χ2v) is 7.66. The second kappa shape index (κ2) is 11.1. The van der Waals surface area contributed by atoms with E-state index in [0.29, 0.717) is 5.57 Å². The van der Waals surface area contributed by atoms with Gasteiger partial charge in [-0.1, -0.05) is 12.7 Å². The first-order valence-corrected chi connectivity index (χ1v) is 10.2. The third kappa shape index (κ3) is 5.96. The zero-order chi connectivity index (χ0) is 24.9. The van der Waals surface area contributed by atoms with E-state index in [1.807, 2.05) is 0 Å². The molecule has 0 amide bonds. The van der Waals surface area contributed by atoms with E-state index in [1.54, 1.807) is 6.92 Å². The first kappa shape index (κ1) is 26.0. The largest absolute Gasteiger partial charge is 0.466 e. The van der Waals surface area contributed by atoms with Crippen LogP contribution in [-0.2, 0) is 38.1 Å². The molecule has 10 nitrogen and oxygen atoms in total. The third-order valence-electron chi connectivity index (χ3n) is 5.38. The van der Waals surface area contributed by atoms with Crippen molar-refractivity contribution in [3.05, 3.63) is 47.1 Å². The lowest BCUT2D eigenvalue weighted by Crippen LogP contribution is -2.46.